The Kier molecular flexibility index (Phi) is 6.83. The number of carboxylic acids is 1. The van der Waals surface area contributed by atoms with Gasteiger partial charge in [0.25, 0.3) is 5.91 Å². The van der Waals surface area contributed by atoms with Gasteiger partial charge in [-0.2, -0.15) is 5.10 Å². The molecule has 1 saturated heterocycles. The molecule has 0 radical (unpaired) electrons. The average Bonchev–Trinajstić information content (AvgIpc) is 3.32. The zero-order chi connectivity index (χ0) is 23.5. The van der Waals surface area contributed by atoms with Crippen molar-refractivity contribution >= 4 is 57.9 Å². The van der Waals surface area contributed by atoms with Gasteiger partial charge in [-0.15, -0.1) is 0 Å². The number of amides is 1. The van der Waals surface area contributed by atoms with Crippen LogP contribution in [0.2, 0.25) is 5.02 Å². The Balaban J connectivity index is 1.79. The van der Waals surface area contributed by atoms with E-state index in [1.807, 2.05) is 43.3 Å². The van der Waals surface area contributed by atoms with E-state index in [9.17, 15) is 9.59 Å². The summed E-state index contributed by atoms with van der Waals surface area (Å²) < 4.78 is 7.44. The fourth-order valence-electron chi connectivity index (χ4n) is 3.26. The van der Waals surface area contributed by atoms with Crippen molar-refractivity contribution in [2.24, 2.45) is 0 Å². The Morgan fingerprint density at radius 1 is 1.27 bits per heavy atom. The second-order valence-corrected chi connectivity index (χ2v) is 9.04. The van der Waals surface area contributed by atoms with E-state index in [1.165, 1.54) is 0 Å². The molecule has 3 aromatic rings. The van der Waals surface area contributed by atoms with Gasteiger partial charge in [-0.05, 0) is 43.3 Å². The highest BCUT2D eigenvalue weighted by molar-refractivity contribution is 8.26. The van der Waals surface area contributed by atoms with Crippen LogP contribution in [0.15, 0.2) is 59.6 Å². The number of aliphatic carboxylic acids is 1. The molecule has 0 unspecified atom stereocenters. The third kappa shape index (κ3) is 4.95. The summed E-state index contributed by atoms with van der Waals surface area (Å²) in [7, 11) is 0. The maximum Gasteiger partial charge on any atom is 0.323 e. The first-order valence-electron chi connectivity index (χ1n) is 9.92. The number of carbonyl (C=O) groups is 2. The largest absolute Gasteiger partial charge is 0.492 e. The van der Waals surface area contributed by atoms with E-state index in [2.05, 4.69) is 0 Å². The standard InChI is InChI=1S/C23H18ClN3O4S2/c1-2-31-18-9-8-14(10-17(18)24)21-15(12-27(25-21)16-6-4-3-5-7-16)11-19-22(30)26(13-20(28)29)23(32)33-19/h3-12H,2,13H2,1H3,(H,28,29)/b19-11+. The van der Waals surface area contributed by atoms with Crippen LogP contribution >= 0.6 is 35.6 Å². The average molecular weight is 500 g/mol. The van der Waals surface area contributed by atoms with Crippen LogP contribution in [-0.2, 0) is 9.59 Å². The van der Waals surface area contributed by atoms with Crippen molar-refractivity contribution in [2.75, 3.05) is 13.2 Å². The van der Waals surface area contributed by atoms with Crippen LogP contribution in [0.3, 0.4) is 0 Å². The SMILES string of the molecule is CCOc1ccc(-c2nn(-c3ccccc3)cc2/C=C2/SC(=S)N(CC(=O)O)C2=O)cc1Cl. The zero-order valence-electron chi connectivity index (χ0n) is 17.4. The molecule has 0 saturated carbocycles. The van der Waals surface area contributed by atoms with E-state index in [1.54, 1.807) is 29.1 Å². The fourth-order valence-corrected chi connectivity index (χ4v) is 4.74. The van der Waals surface area contributed by atoms with Crippen LogP contribution < -0.4 is 4.74 Å². The summed E-state index contributed by atoms with van der Waals surface area (Å²) in [4.78, 5) is 25.3. The summed E-state index contributed by atoms with van der Waals surface area (Å²) in [6.07, 6.45) is 3.48. The highest BCUT2D eigenvalue weighted by atomic mass is 35.5. The van der Waals surface area contributed by atoms with Crippen molar-refractivity contribution in [1.29, 1.82) is 0 Å². The van der Waals surface area contributed by atoms with Gasteiger partial charge in [0.15, 0.2) is 0 Å². The van der Waals surface area contributed by atoms with E-state index < -0.39 is 18.4 Å². The number of halogens is 1. The fraction of sp³-hybridized carbons (Fsp3) is 0.130. The lowest BCUT2D eigenvalue weighted by atomic mass is 10.1. The highest BCUT2D eigenvalue weighted by Gasteiger charge is 2.33. The molecule has 1 fully saturated rings. The van der Waals surface area contributed by atoms with E-state index in [-0.39, 0.29) is 4.32 Å². The quantitative estimate of drug-likeness (QED) is 0.366. The molecule has 0 atom stereocenters. The molecule has 0 aliphatic carbocycles. The topological polar surface area (TPSA) is 84.7 Å². The van der Waals surface area contributed by atoms with E-state index >= 15 is 0 Å². The van der Waals surface area contributed by atoms with Crippen LogP contribution in [0.5, 0.6) is 5.75 Å². The number of carbonyl (C=O) groups excluding carboxylic acids is 1. The first-order valence-corrected chi connectivity index (χ1v) is 11.5. The summed E-state index contributed by atoms with van der Waals surface area (Å²) in [6.45, 7) is 1.89. The number of thioether (sulfide) groups is 1. The van der Waals surface area contributed by atoms with Crippen LogP contribution in [0, 0.1) is 0 Å². The zero-order valence-corrected chi connectivity index (χ0v) is 19.8. The monoisotopic (exact) mass is 499 g/mol. The lowest BCUT2D eigenvalue weighted by Crippen LogP contribution is -2.33. The van der Waals surface area contributed by atoms with Gasteiger partial charge >= 0.3 is 5.97 Å². The van der Waals surface area contributed by atoms with Gasteiger partial charge in [-0.1, -0.05) is 53.8 Å². The molecule has 2 heterocycles. The molecule has 2 aromatic carbocycles. The van der Waals surface area contributed by atoms with Crippen molar-refractivity contribution < 1.29 is 19.4 Å². The molecule has 168 valence electrons. The summed E-state index contributed by atoms with van der Waals surface area (Å²) >= 11 is 12.7. The minimum Gasteiger partial charge on any atom is -0.492 e. The van der Waals surface area contributed by atoms with Gasteiger partial charge < -0.3 is 9.84 Å². The van der Waals surface area contributed by atoms with Crippen molar-refractivity contribution in [2.45, 2.75) is 6.92 Å². The number of rotatable bonds is 7. The highest BCUT2D eigenvalue weighted by Crippen LogP contribution is 2.36. The minimum atomic E-state index is -1.13. The number of ether oxygens (including phenoxy) is 1. The van der Waals surface area contributed by atoms with Crippen molar-refractivity contribution in [1.82, 2.24) is 14.7 Å². The maximum atomic E-state index is 12.8. The second-order valence-electron chi connectivity index (χ2n) is 6.95. The van der Waals surface area contributed by atoms with Crippen LogP contribution in [-0.4, -0.2) is 49.1 Å². The van der Waals surface area contributed by atoms with E-state index in [4.69, 9.17) is 38.8 Å². The van der Waals surface area contributed by atoms with Gasteiger partial charge in [-0.25, -0.2) is 4.68 Å². The first kappa shape index (κ1) is 23.0. The van der Waals surface area contributed by atoms with Gasteiger partial charge in [0.1, 0.15) is 22.3 Å². The number of thiocarbonyl (C=S) groups is 1. The lowest BCUT2D eigenvalue weighted by molar-refractivity contribution is -0.140. The van der Waals surface area contributed by atoms with Gasteiger partial charge in [-0.3, -0.25) is 14.5 Å². The third-order valence-corrected chi connectivity index (χ3v) is 6.40. The molecule has 0 spiro atoms. The predicted octanol–water partition coefficient (Wildman–Crippen LogP) is 4.88. The lowest BCUT2D eigenvalue weighted by Gasteiger charge is -2.10. The molecule has 1 aliphatic rings. The molecule has 0 bridgehead atoms. The smallest absolute Gasteiger partial charge is 0.323 e. The summed E-state index contributed by atoms with van der Waals surface area (Å²) in [5.74, 6) is -1.01. The number of aromatic nitrogens is 2. The second kappa shape index (κ2) is 9.78. The van der Waals surface area contributed by atoms with Gasteiger partial charge in [0, 0.05) is 17.3 Å². The van der Waals surface area contributed by atoms with Gasteiger partial charge in [0.2, 0.25) is 0 Å². The van der Waals surface area contributed by atoms with E-state index in [0.29, 0.717) is 33.5 Å². The summed E-state index contributed by atoms with van der Waals surface area (Å²) in [6, 6.07) is 14.9. The molecule has 1 amide bonds. The molecule has 10 heteroatoms. The van der Waals surface area contributed by atoms with Crippen LogP contribution in [0.25, 0.3) is 23.0 Å². The molecular formula is C23H18ClN3O4S2. The summed E-state index contributed by atoms with van der Waals surface area (Å²) in [5, 5.41) is 14.3. The Morgan fingerprint density at radius 3 is 2.70 bits per heavy atom. The molecule has 1 N–H and O–H groups in total. The number of carboxylic acid groups (broad SMARTS) is 1. The first-order chi connectivity index (χ1) is 15.9. The maximum absolute atomic E-state index is 12.8. The van der Waals surface area contributed by atoms with Crippen molar-refractivity contribution in [3.63, 3.8) is 0 Å². The Labute approximate surface area is 204 Å². The van der Waals surface area contributed by atoms with Gasteiger partial charge in [0.05, 0.1) is 22.2 Å². The number of benzene rings is 2. The number of para-hydroxylation sites is 1. The Morgan fingerprint density at radius 2 is 2.03 bits per heavy atom. The summed E-state index contributed by atoms with van der Waals surface area (Å²) in [5.41, 5.74) is 2.85. The molecular weight excluding hydrogens is 482 g/mol. The molecule has 7 nitrogen and oxygen atoms in total. The number of nitrogens with zero attached hydrogens (tertiary/aromatic N) is 3. The van der Waals surface area contributed by atoms with Crippen LogP contribution in [0.4, 0.5) is 0 Å². The number of hydrogen-bond acceptors (Lipinski definition) is 6. The predicted molar refractivity (Wildman–Crippen MR) is 133 cm³/mol. The Hall–Kier alpha value is -3.14. The molecule has 1 aliphatic heterocycles. The molecule has 4 rings (SSSR count). The van der Waals surface area contributed by atoms with Crippen molar-refractivity contribution in [3.05, 3.63) is 70.2 Å². The Bertz CT molecular complexity index is 1270. The van der Waals surface area contributed by atoms with Crippen molar-refractivity contribution in [3.8, 4) is 22.7 Å². The number of hydrogen-bond donors (Lipinski definition) is 1. The molecule has 33 heavy (non-hydrogen) atoms. The third-order valence-electron chi connectivity index (χ3n) is 4.72. The minimum absolute atomic E-state index is 0.203. The van der Waals surface area contributed by atoms with E-state index in [0.717, 1.165) is 27.9 Å². The van der Waals surface area contributed by atoms with Crippen LogP contribution in [0.1, 0.15) is 12.5 Å². The molecule has 1 aromatic heterocycles. The normalized spacial score (nSPS) is 14.8.